The van der Waals surface area contributed by atoms with E-state index in [0.29, 0.717) is 10.0 Å². The lowest BCUT2D eigenvalue weighted by atomic mass is 10.1. The quantitative estimate of drug-likeness (QED) is 0.311. The van der Waals surface area contributed by atoms with Crippen LogP contribution in [0.3, 0.4) is 0 Å². The van der Waals surface area contributed by atoms with Crippen LogP contribution in [-0.4, -0.2) is 62.2 Å². The van der Waals surface area contributed by atoms with Gasteiger partial charge >= 0.3 is 18.1 Å². The van der Waals surface area contributed by atoms with Crippen molar-refractivity contribution >= 4 is 17.8 Å². The predicted octanol–water partition coefficient (Wildman–Crippen LogP) is 2.91. The number of nitrogens with zero attached hydrogens (tertiary/aromatic N) is 1. The van der Waals surface area contributed by atoms with Gasteiger partial charge in [0.15, 0.2) is 0 Å². The summed E-state index contributed by atoms with van der Waals surface area (Å²) in [5.74, 6) is 1.51. The van der Waals surface area contributed by atoms with Crippen LogP contribution in [0.1, 0.15) is 27.9 Å². The average Bonchev–Trinajstić information content (AvgIpc) is 2.71. The van der Waals surface area contributed by atoms with Gasteiger partial charge in [-0.15, -0.1) is 0 Å². The average molecular weight is 461 g/mol. The summed E-state index contributed by atoms with van der Waals surface area (Å²) in [5, 5.41) is 2.63. The van der Waals surface area contributed by atoms with Gasteiger partial charge in [0.1, 0.15) is 0 Å². The first-order valence-corrected chi connectivity index (χ1v) is 9.94. The van der Waals surface area contributed by atoms with Crippen LogP contribution < -0.4 is 5.32 Å². The van der Waals surface area contributed by atoms with Gasteiger partial charge in [-0.05, 0) is 36.4 Å². The van der Waals surface area contributed by atoms with Crippen LogP contribution in [-0.2, 0) is 14.3 Å². The van der Waals surface area contributed by atoms with Crippen molar-refractivity contribution in [1.29, 1.82) is 0 Å². The van der Waals surface area contributed by atoms with E-state index >= 15 is 0 Å². The largest absolute Gasteiger partial charge is 0.491 e. The molecular formula is C24H24F3N2O4+. The number of halogens is 3. The molecule has 33 heavy (non-hydrogen) atoms. The molecule has 9 heteroatoms. The van der Waals surface area contributed by atoms with Crippen LogP contribution >= 0.6 is 0 Å². The number of rotatable bonds is 6. The minimum atomic E-state index is -5.28. The van der Waals surface area contributed by atoms with E-state index in [4.69, 9.17) is 0 Å². The third-order valence-electron chi connectivity index (χ3n) is 4.23. The van der Waals surface area contributed by atoms with Crippen molar-refractivity contribution in [3.63, 3.8) is 0 Å². The van der Waals surface area contributed by atoms with Crippen molar-refractivity contribution in [3.05, 3.63) is 71.3 Å². The Labute approximate surface area is 189 Å². The Morgan fingerprint density at radius 3 is 2.00 bits per heavy atom. The summed E-state index contributed by atoms with van der Waals surface area (Å²) < 4.78 is 41.1. The maximum atomic E-state index is 12.6. The first kappa shape index (κ1) is 25.6. The molecule has 0 aliphatic heterocycles. The molecule has 0 saturated carbocycles. The van der Waals surface area contributed by atoms with E-state index in [1.807, 2.05) is 30.3 Å². The number of nitrogens with one attached hydrogen (secondary N) is 1. The summed E-state index contributed by atoms with van der Waals surface area (Å²) in [4.78, 5) is 35.4. The normalized spacial score (nSPS) is 12.2. The molecule has 0 saturated heterocycles. The maximum absolute atomic E-state index is 12.6. The van der Waals surface area contributed by atoms with E-state index in [9.17, 15) is 27.6 Å². The number of ether oxygens (including phenoxy) is 1. The Morgan fingerprint density at radius 1 is 0.939 bits per heavy atom. The Bertz CT molecular complexity index is 1050. The Hall–Kier alpha value is -3.64. The summed E-state index contributed by atoms with van der Waals surface area (Å²) in [6, 6.07) is 15.0. The summed E-state index contributed by atoms with van der Waals surface area (Å²) in [5.41, 5.74) is 1.82. The molecule has 0 aliphatic rings. The zero-order chi connectivity index (χ0) is 24.6. The molecular weight excluding hydrogens is 437 g/mol. The standard InChI is InChI=1S/C24H23F3N2O4/c1-29(2,3)16-20(15-21(30)33-23(32)24(25,26)27)28-22(31)19-13-11-18(12-14-19)10-9-17-7-5-4-6-8-17/h4-8,11-14,20H,15-16H2,1-3H3/p+1. The number of alkyl halides is 3. The first-order valence-electron chi connectivity index (χ1n) is 9.94. The van der Waals surface area contributed by atoms with E-state index in [1.54, 1.807) is 45.4 Å². The zero-order valence-corrected chi connectivity index (χ0v) is 18.4. The molecule has 1 unspecified atom stereocenters. The summed E-state index contributed by atoms with van der Waals surface area (Å²) in [6.45, 7) is 0.210. The molecule has 174 valence electrons. The van der Waals surface area contributed by atoms with Gasteiger partial charge in [-0.3, -0.25) is 9.59 Å². The number of esters is 2. The molecule has 2 aromatic rings. The van der Waals surface area contributed by atoms with Gasteiger partial charge in [-0.25, -0.2) is 4.79 Å². The minimum absolute atomic E-state index is 0.210. The fourth-order valence-electron chi connectivity index (χ4n) is 2.87. The Morgan fingerprint density at radius 2 is 1.48 bits per heavy atom. The lowest BCUT2D eigenvalue weighted by molar-refractivity contribution is -0.871. The van der Waals surface area contributed by atoms with Gasteiger partial charge in [0.25, 0.3) is 5.91 Å². The molecule has 0 spiro atoms. The molecule has 6 nitrogen and oxygen atoms in total. The summed E-state index contributed by atoms with van der Waals surface area (Å²) in [7, 11) is 5.35. The molecule has 1 amide bonds. The Balaban J connectivity index is 2.06. The van der Waals surface area contributed by atoms with Gasteiger partial charge in [0.2, 0.25) is 0 Å². The van der Waals surface area contributed by atoms with Crippen molar-refractivity contribution in [3.8, 4) is 11.8 Å². The highest BCUT2D eigenvalue weighted by molar-refractivity contribution is 5.95. The molecule has 0 aliphatic carbocycles. The number of carbonyl (C=O) groups is 3. The fraction of sp³-hybridized carbons (Fsp3) is 0.292. The maximum Gasteiger partial charge on any atom is 0.491 e. The molecule has 0 heterocycles. The minimum Gasteiger partial charge on any atom is -0.386 e. The molecule has 1 atom stereocenters. The molecule has 1 N–H and O–H groups in total. The van der Waals surface area contributed by atoms with Gasteiger partial charge in [0, 0.05) is 16.7 Å². The molecule has 0 fully saturated rings. The number of hydrogen-bond donors (Lipinski definition) is 1. The number of likely N-dealkylation sites (N-methyl/N-ethyl adjacent to an activating group) is 1. The molecule has 0 aromatic heterocycles. The summed E-state index contributed by atoms with van der Waals surface area (Å²) in [6.07, 6.45) is -5.87. The van der Waals surface area contributed by atoms with E-state index in [2.05, 4.69) is 21.9 Å². The van der Waals surface area contributed by atoms with E-state index in [0.717, 1.165) is 5.56 Å². The van der Waals surface area contributed by atoms with Crippen LogP contribution in [0.5, 0.6) is 0 Å². The van der Waals surface area contributed by atoms with Gasteiger partial charge in [0.05, 0.1) is 40.2 Å². The smallest absolute Gasteiger partial charge is 0.386 e. The highest BCUT2D eigenvalue weighted by Crippen LogP contribution is 2.17. The number of hydrogen-bond acceptors (Lipinski definition) is 4. The predicted molar refractivity (Wildman–Crippen MR) is 115 cm³/mol. The second-order valence-electron chi connectivity index (χ2n) is 8.30. The first-order chi connectivity index (χ1) is 15.3. The molecule has 2 rings (SSSR count). The van der Waals surface area contributed by atoms with Crippen LogP contribution in [0.2, 0.25) is 0 Å². The fourth-order valence-corrected chi connectivity index (χ4v) is 2.87. The van der Waals surface area contributed by atoms with Gasteiger partial charge < -0.3 is 14.5 Å². The third-order valence-corrected chi connectivity index (χ3v) is 4.23. The number of quaternary nitrogens is 1. The van der Waals surface area contributed by atoms with Crippen molar-refractivity contribution in [2.75, 3.05) is 27.7 Å². The van der Waals surface area contributed by atoms with Crippen molar-refractivity contribution in [1.82, 2.24) is 5.32 Å². The van der Waals surface area contributed by atoms with E-state index in [1.165, 1.54) is 0 Å². The highest BCUT2D eigenvalue weighted by Gasteiger charge is 2.42. The van der Waals surface area contributed by atoms with Crippen molar-refractivity contribution in [2.24, 2.45) is 0 Å². The summed E-state index contributed by atoms with van der Waals surface area (Å²) >= 11 is 0. The van der Waals surface area contributed by atoms with Gasteiger partial charge in [-0.2, -0.15) is 13.2 Å². The van der Waals surface area contributed by atoms with Crippen LogP contribution in [0.25, 0.3) is 0 Å². The second kappa shape index (κ2) is 10.8. The highest BCUT2D eigenvalue weighted by atomic mass is 19.4. The third kappa shape index (κ3) is 9.17. The second-order valence-corrected chi connectivity index (χ2v) is 8.30. The number of benzene rings is 2. The lowest BCUT2D eigenvalue weighted by Crippen LogP contribution is -2.50. The molecule has 0 radical (unpaired) electrons. The monoisotopic (exact) mass is 461 g/mol. The van der Waals surface area contributed by atoms with Crippen molar-refractivity contribution in [2.45, 2.75) is 18.6 Å². The Kier molecular flexibility index (Phi) is 8.38. The molecule has 2 aromatic carbocycles. The zero-order valence-electron chi connectivity index (χ0n) is 18.4. The van der Waals surface area contributed by atoms with Crippen LogP contribution in [0.15, 0.2) is 54.6 Å². The van der Waals surface area contributed by atoms with Crippen LogP contribution in [0, 0.1) is 11.8 Å². The SMILES string of the molecule is C[N+](C)(C)CC(CC(=O)OC(=O)C(F)(F)F)NC(=O)c1ccc(C#Cc2ccccc2)cc1. The van der Waals surface area contributed by atoms with E-state index < -0.39 is 36.5 Å². The van der Waals surface area contributed by atoms with E-state index in [-0.39, 0.29) is 12.1 Å². The molecule has 0 bridgehead atoms. The topological polar surface area (TPSA) is 72.5 Å². The number of carbonyl (C=O) groups excluding carboxylic acids is 3. The van der Waals surface area contributed by atoms with Crippen LogP contribution in [0.4, 0.5) is 13.2 Å². The van der Waals surface area contributed by atoms with Crippen molar-refractivity contribution < 1.29 is 36.8 Å². The number of amides is 1. The van der Waals surface area contributed by atoms with Gasteiger partial charge in [-0.1, -0.05) is 30.0 Å². The lowest BCUT2D eigenvalue weighted by Gasteiger charge is -2.29.